The van der Waals surface area contributed by atoms with Crippen LogP contribution < -0.4 is 10.2 Å². The van der Waals surface area contributed by atoms with Gasteiger partial charge in [-0.25, -0.2) is 0 Å². The zero-order valence-corrected chi connectivity index (χ0v) is 19.2. The van der Waals surface area contributed by atoms with Crippen LogP contribution in [0.15, 0.2) is 93.9 Å². The van der Waals surface area contributed by atoms with Gasteiger partial charge >= 0.3 is 0 Å². The Kier molecular flexibility index (Phi) is 5.34. The van der Waals surface area contributed by atoms with Gasteiger partial charge in [-0.15, -0.1) is 0 Å². The zero-order chi connectivity index (χ0) is 21.4. The first kappa shape index (κ1) is 20.0. The molecule has 3 heterocycles. The Morgan fingerprint density at radius 1 is 0.968 bits per heavy atom. The van der Waals surface area contributed by atoms with Gasteiger partial charge in [-0.2, -0.15) is 0 Å². The molecule has 5 rings (SSSR count). The van der Waals surface area contributed by atoms with Crippen LogP contribution in [-0.2, 0) is 0 Å². The van der Waals surface area contributed by atoms with E-state index in [0.29, 0.717) is 5.11 Å². The topological polar surface area (TPSA) is 41.3 Å². The molecular formula is C25H20BrN3OS. The average Bonchev–Trinajstić information content (AvgIpc) is 3.40. The lowest BCUT2D eigenvalue weighted by molar-refractivity contribution is 0.439. The zero-order valence-electron chi connectivity index (χ0n) is 16.8. The SMILES string of the molecule is Cc1ccc(N2C(=S)N[C@H](c3ccccn3)[C@H]2c2ccc(-c3ccc(Br)cc3)o2)cc1. The molecule has 1 aliphatic rings. The Morgan fingerprint density at radius 2 is 1.74 bits per heavy atom. The summed E-state index contributed by atoms with van der Waals surface area (Å²) in [5.41, 5.74) is 4.17. The number of rotatable bonds is 4. The maximum atomic E-state index is 6.38. The van der Waals surface area contributed by atoms with E-state index >= 15 is 0 Å². The largest absolute Gasteiger partial charge is 0.459 e. The summed E-state index contributed by atoms with van der Waals surface area (Å²) in [6, 6.07) is 26.2. The maximum absolute atomic E-state index is 6.38. The van der Waals surface area contributed by atoms with E-state index in [-0.39, 0.29) is 12.1 Å². The van der Waals surface area contributed by atoms with Gasteiger partial charge in [0.1, 0.15) is 17.6 Å². The molecule has 0 bridgehead atoms. The van der Waals surface area contributed by atoms with E-state index in [9.17, 15) is 0 Å². The van der Waals surface area contributed by atoms with Gasteiger partial charge in [0.25, 0.3) is 0 Å². The molecule has 2 atom stereocenters. The third-order valence-corrected chi connectivity index (χ3v) is 6.30. The van der Waals surface area contributed by atoms with Crippen LogP contribution in [0.4, 0.5) is 5.69 Å². The monoisotopic (exact) mass is 489 g/mol. The number of aryl methyl sites for hydroxylation is 1. The Morgan fingerprint density at radius 3 is 2.45 bits per heavy atom. The summed E-state index contributed by atoms with van der Waals surface area (Å²) in [6.45, 7) is 2.08. The van der Waals surface area contributed by atoms with E-state index < -0.39 is 0 Å². The van der Waals surface area contributed by atoms with Crippen LogP contribution >= 0.6 is 28.1 Å². The predicted molar refractivity (Wildman–Crippen MR) is 131 cm³/mol. The second kappa shape index (κ2) is 8.29. The summed E-state index contributed by atoms with van der Waals surface area (Å²) in [4.78, 5) is 6.72. The maximum Gasteiger partial charge on any atom is 0.174 e. The first-order valence-corrected chi connectivity index (χ1v) is 11.2. The van der Waals surface area contributed by atoms with Gasteiger partial charge in [0, 0.05) is 21.9 Å². The van der Waals surface area contributed by atoms with Crippen molar-refractivity contribution in [2.75, 3.05) is 4.90 Å². The fourth-order valence-electron chi connectivity index (χ4n) is 3.91. The normalized spacial score (nSPS) is 18.3. The third-order valence-electron chi connectivity index (χ3n) is 5.46. The van der Waals surface area contributed by atoms with Crippen LogP contribution in [-0.4, -0.2) is 10.1 Å². The summed E-state index contributed by atoms with van der Waals surface area (Å²) in [5, 5.41) is 4.13. The van der Waals surface area contributed by atoms with Gasteiger partial charge in [0.05, 0.1) is 11.7 Å². The standard InChI is InChI=1S/C25H20BrN3OS/c1-16-5-11-19(12-6-16)29-24(23(28-25(29)31)20-4-2-3-15-27-20)22-14-13-21(30-22)17-7-9-18(26)10-8-17/h2-15,23-24H,1H3,(H,28,31)/t23-,24-/m1/s1. The van der Waals surface area contributed by atoms with E-state index in [1.165, 1.54) is 5.56 Å². The molecule has 0 unspecified atom stereocenters. The summed E-state index contributed by atoms with van der Waals surface area (Å²) in [7, 11) is 0. The molecule has 0 amide bonds. The van der Waals surface area contributed by atoms with Crippen molar-refractivity contribution >= 4 is 38.9 Å². The molecule has 31 heavy (non-hydrogen) atoms. The summed E-state index contributed by atoms with van der Waals surface area (Å²) < 4.78 is 7.42. The first-order valence-electron chi connectivity index (χ1n) is 10.0. The molecule has 2 aromatic heterocycles. The second-order valence-electron chi connectivity index (χ2n) is 7.54. The van der Waals surface area contributed by atoms with E-state index in [4.69, 9.17) is 16.6 Å². The third kappa shape index (κ3) is 3.89. The van der Waals surface area contributed by atoms with Gasteiger partial charge in [0.15, 0.2) is 5.11 Å². The van der Waals surface area contributed by atoms with Crippen molar-refractivity contribution in [2.24, 2.45) is 0 Å². The molecule has 4 aromatic rings. The number of anilines is 1. The summed E-state index contributed by atoms with van der Waals surface area (Å²) in [5.74, 6) is 1.66. The fourth-order valence-corrected chi connectivity index (χ4v) is 4.52. The van der Waals surface area contributed by atoms with Gasteiger partial charge in [-0.05, 0) is 67.7 Å². The van der Waals surface area contributed by atoms with Crippen molar-refractivity contribution in [3.05, 3.63) is 107 Å². The highest BCUT2D eigenvalue weighted by Gasteiger charge is 2.42. The van der Waals surface area contributed by atoms with Crippen molar-refractivity contribution in [3.8, 4) is 11.3 Å². The second-order valence-corrected chi connectivity index (χ2v) is 8.84. The van der Waals surface area contributed by atoms with Crippen LogP contribution in [0.5, 0.6) is 0 Å². The van der Waals surface area contributed by atoms with Crippen LogP contribution in [0.1, 0.15) is 29.1 Å². The Hall–Kier alpha value is -2.96. The van der Waals surface area contributed by atoms with Gasteiger partial charge in [-0.3, -0.25) is 4.98 Å². The number of thiocarbonyl (C=S) groups is 1. The molecule has 1 N–H and O–H groups in total. The molecule has 0 spiro atoms. The predicted octanol–water partition coefficient (Wildman–Crippen LogP) is 6.59. The number of nitrogens with zero attached hydrogens (tertiary/aromatic N) is 2. The quantitative estimate of drug-likeness (QED) is 0.327. The number of halogens is 1. The van der Waals surface area contributed by atoms with Crippen molar-refractivity contribution in [3.63, 3.8) is 0 Å². The minimum Gasteiger partial charge on any atom is -0.459 e. The molecule has 0 aliphatic carbocycles. The molecule has 154 valence electrons. The van der Waals surface area contributed by atoms with Gasteiger partial charge in [-0.1, -0.05) is 51.8 Å². The summed E-state index contributed by atoms with van der Waals surface area (Å²) >= 11 is 9.25. The van der Waals surface area contributed by atoms with Gasteiger partial charge < -0.3 is 14.6 Å². The van der Waals surface area contributed by atoms with Crippen LogP contribution in [0.2, 0.25) is 0 Å². The minimum absolute atomic E-state index is 0.126. The van der Waals surface area contributed by atoms with Crippen molar-refractivity contribution in [1.29, 1.82) is 0 Å². The number of aromatic nitrogens is 1. The molecular weight excluding hydrogens is 470 g/mol. The van der Waals surface area contributed by atoms with Crippen LogP contribution in [0, 0.1) is 6.92 Å². The molecule has 1 fully saturated rings. The van der Waals surface area contributed by atoms with Crippen LogP contribution in [0.3, 0.4) is 0 Å². The molecule has 2 aromatic carbocycles. The van der Waals surface area contributed by atoms with Crippen molar-refractivity contribution < 1.29 is 4.42 Å². The first-order chi connectivity index (χ1) is 15.1. The number of benzene rings is 2. The highest BCUT2D eigenvalue weighted by molar-refractivity contribution is 9.10. The summed E-state index contributed by atoms with van der Waals surface area (Å²) in [6.07, 6.45) is 1.81. The van der Waals surface area contributed by atoms with E-state index in [1.807, 2.05) is 54.6 Å². The minimum atomic E-state index is -0.158. The molecule has 0 radical (unpaired) electrons. The average molecular weight is 490 g/mol. The number of nitrogens with one attached hydrogen (secondary N) is 1. The van der Waals surface area contributed by atoms with Crippen LogP contribution in [0.25, 0.3) is 11.3 Å². The van der Waals surface area contributed by atoms with E-state index in [0.717, 1.165) is 32.9 Å². The van der Waals surface area contributed by atoms with E-state index in [1.54, 1.807) is 6.20 Å². The number of hydrogen-bond donors (Lipinski definition) is 1. The van der Waals surface area contributed by atoms with Crippen molar-refractivity contribution in [1.82, 2.24) is 10.3 Å². The number of furan rings is 1. The molecule has 6 heteroatoms. The molecule has 4 nitrogen and oxygen atoms in total. The van der Waals surface area contributed by atoms with E-state index in [2.05, 4.69) is 62.3 Å². The van der Waals surface area contributed by atoms with Crippen molar-refractivity contribution in [2.45, 2.75) is 19.0 Å². The molecule has 1 saturated heterocycles. The number of pyridine rings is 1. The lowest BCUT2D eigenvalue weighted by Gasteiger charge is -2.26. The molecule has 0 saturated carbocycles. The Bertz CT molecular complexity index is 1210. The number of hydrogen-bond acceptors (Lipinski definition) is 3. The fraction of sp³-hybridized carbons (Fsp3) is 0.120. The molecule has 1 aliphatic heterocycles. The smallest absolute Gasteiger partial charge is 0.174 e. The Balaban J connectivity index is 1.59. The lowest BCUT2D eigenvalue weighted by Crippen LogP contribution is -2.29. The highest BCUT2D eigenvalue weighted by atomic mass is 79.9. The van der Waals surface area contributed by atoms with Gasteiger partial charge in [0.2, 0.25) is 0 Å². The Labute approximate surface area is 195 Å². The highest BCUT2D eigenvalue weighted by Crippen LogP contribution is 2.42. The lowest BCUT2D eigenvalue weighted by atomic mass is 10.0.